The van der Waals surface area contributed by atoms with Crippen molar-refractivity contribution in [3.8, 4) is 5.75 Å². The molecule has 1 aliphatic rings. The van der Waals surface area contributed by atoms with Crippen molar-refractivity contribution in [2.24, 2.45) is 0 Å². The number of benzene rings is 1. The first kappa shape index (κ1) is 14.4. The number of ether oxygens (including phenoxy) is 1. The predicted molar refractivity (Wildman–Crippen MR) is 80.1 cm³/mol. The van der Waals surface area contributed by atoms with Gasteiger partial charge in [0, 0.05) is 37.2 Å². The number of hydrogen-bond acceptors (Lipinski definition) is 3. The maximum atomic E-state index is 5.59. The molecular weight excluding hydrogens is 236 g/mol. The molecule has 106 valence electrons. The maximum Gasteiger partial charge on any atom is 0.122 e. The number of hydrogen-bond donors (Lipinski definition) is 1. The Labute approximate surface area is 116 Å². The molecule has 0 aromatic heterocycles. The fourth-order valence-corrected chi connectivity index (χ4v) is 2.99. The van der Waals surface area contributed by atoms with Crippen molar-refractivity contribution in [1.82, 2.24) is 10.2 Å². The lowest BCUT2D eigenvalue weighted by molar-refractivity contribution is 0.283. The van der Waals surface area contributed by atoms with E-state index in [4.69, 9.17) is 4.74 Å². The van der Waals surface area contributed by atoms with Gasteiger partial charge >= 0.3 is 0 Å². The minimum Gasteiger partial charge on any atom is -0.496 e. The van der Waals surface area contributed by atoms with Gasteiger partial charge in [-0.2, -0.15) is 0 Å². The van der Waals surface area contributed by atoms with E-state index in [1.807, 2.05) is 0 Å². The Morgan fingerprint density at radius 2 is 2.21 bits per heavy atom. The van der Waals surface area contributed by atoms with Crippen LogP contribution in [0.4, 0.5) is 0 Å². The molecule has 1 heterocycles. The minimum absolute atomic E-state index is 0.0990. The SMILES string of the molecule is CCc1ccc(OC)c(C2(C)CNCCN(C)C2)c1. The summed E-state index contributed by atoms with van der Waals surface area (Å²) in [6.45, 7) is 8.75. The van der Waals surface area contributed by atoms with Gasteiger partial charge in [0.2, 0.25) is 0 Å². The molecule has 19 heavy (non-hydrogen) atoms. The maximum absolute atomic E-state index is 5.59. The van der Waals surface area contributed by atoms with Gasteiger partial charge in [-0.05, 0) is 25.1 Å². The van der Waals surface area contributed by atoms with Crippen LogP contribution < -0.4 is 10.1 Å². The Bertz CT molecular complexity index is 433. The Hall–Kier alpha value is -1.06. The van der Waals surface area contributed by atoms with E-state index in [1.165, 1.54) is 11.1 Å². The quantitative estimate of drug-likeness (QED) is 0.902. The highest BCUT2D eigenvalue weighted by Gasteiger charge is 2.32. The smallest absolute Gasteiger partial charge is 0.122 e. The fraction of sp³-hybridized carbons (Fsp3) is 0.625. The first-order valence-corrected chi connectivity index (χ1v) is 7.15. The molecule has 1 aliphatic heterocycles. The first-order valence-electron chi connectivity index (χ1n) is 7.15. The largest absolute Gasteiger partial charge is 0.496 e. The van der Waals surface area contributed by atoms with Crippen LogP contribution in [-0.2, 0) is 11.8 Å². The topological polar surface area (TPSA) is 24.5 Å². The Kier molecular flexibility index (Phi) is 4.48. The van der Waals surface area contributed by atoms with Gasteiger partial charge in [-0.3, -0.25) is 0 Å². The summed E-state index contributed by atoms with van der Waals surface area (Å²) in [6.07, 6.45) is 1.07. The molecule has 3 nitrogen and oxygen atoms in total. The third kappa shape index (κ3) is 3.10. The summed E-state index contributed by atoms with van der Waals surface area (Å²) in [4.78, 5) is 2.40. The molecule has 1 saturated heterocycles. The summed E-state index contributed by atoms with van der Waals surface area (Å²) in [5.74, 6) is 1.01. The van der Waals surface area contributed by atoms with E-state index in [0.29, 0.717) is 0 Å². The molecule has 1 aromatic rings. The third-order valence-electron chi connectivity index (χ3n) is 4.13. The number of aryl methyl sites for hydroxylation is 1. The molecule has 1 fully saturated rings. The van der Waals surface area contributed by atoms with E-state index >= 15 is 0 Å². The molecule has 0 aliphatic carbocycles. The normalized spacial score (nSPS) is 25.1. The number of nitrogens with zero attached hydrogens (tertiary/aromatic N) is 1. The van der Waals surface area contributed by atoms with Gasteiger partial charge in [-0.1, -0.05) is 26.0 Å². The van der Waals surface area contributed by atoms with Crippen LogP contribution in [0.1, 0.15) is 25.0 Å². The van der Waals surface area contributed by atoms with Crippen LogP contribution in [0.15, 0.2) is 18.2 Å². The van der Waals surface area contributed by atoms with Crippen LogP contribution >= 0.6 is 0 Å². The van der Waals surface area contributed by atoms with E-state index in [2.05, 4.69) is 49.3 Å². The number of methoxy groups -OCH3 is 1. The van der Waals surface area contributed by atoms with E-state index < -0.39 is 0 Å². The van der Waals surface area contributed by atoms with Crippen molar-refractivity contribution < 1.29 is 4.74 Å². The van der Waals surface area contributed by atoms with Crippen molar-refractivity contribution >= 4 is 0 Å². The zero-order chi connectivity index (χ0) is 13.9. The van der Waals surface area contributed by atoms with Gasteiger partial charge in [-0.15, -0.1) is 0 Å². The highest BCUT2D eigenvalue weighted by atomic mass is 16.5. The molecular formula is C16H26N2O. The number of rotatable bonds is 3. The van der Waals surface area contributed by atoms with Crippen molar-refractivity contribution in [3.63, 3.8) is 0 Å². The van der Waals surface area contributed by atoms with Gasteiger partial charge in [0.1, 0.15) is 5.75 Å². The van der Waals surface area contributed by atoms with Gasteiger partial charge in [0.05, 0.1) is 7.11 Å². The van der Waals surface area contributed by atoms with Gasteiger partial charge < -0.3 is 15.0 Å². The lowest BCUT2D eigenvalue weighted by Crippen LogP contribution is -2.40. The summed E-state index contributed by atoms with van der Waals surface area (Å²) >= 11 is 0. The van der Waals surface area contributed by atoms with Crippen molar-refractivity contribution in [1.29, 1.82) is 0 Å². The highest BCUT2D eigenvalue weighted by Crippen LogP contribution is 2.34. The summed E-state index contributed by atoms with van der Waals surface area (Å²) in [6, 6.07) is 6.60. The second-order valence-corrected chi connectivity index (χ2v) is 5.86. The zero-order valence-electron chi connectivity index (χ0n) is 12.6. The Balaban J connectivity index is 2.41. The predicted octanol–water partition coefficient (Wildman–Crippen LogP) is 2.05. The van der Waals surface area contributed by atoms with Crippen molar-refractivity contribution in [3.05, 3.63) is 29.3 Å². The molecule has 0 radical (unpaired) electrons. The summed E-state index contributed by atoms with van der Waals surface area (Å²) < 4.78 is 5.59. The molecule has 0 spiro atoms. The molecule has 1 atom stereocenters. The van der Waals surface area contributed by atoms with Crippen LogP contribution in [0.5, 0.6) is 5.75 Å². The Morgan fingerprint density at radius 3 is 2.89 bits per heavy atom. The number of nitrogens with one attached hydrogen (secondary N) is 1. The van der Waals surface area contributed by atoms with E-state index in [-0.39, 0.29) is 5.41 Å². The second kappa shape index (κ2) is 5.93. The molecule has 1 N–H and O–H groups in total. The molecule has 1 aromatic carbocycles. The molecule has 2 rings (SSSR count). The van der Waals surface area contributed by atoms with Crippen molar-refractivity contribution in [2.45, 2.75) is 25.7 Å². The highest BCUT2D eigenvalue weighted by molar-refractivity contribution is 5.43. The van der Waals surface area contributed by atoms with Crippen LogP contribution in [0.2, 0.25) is 0 Å². The Morgan fingerprint density at radius 1 is 1.42 bits per heavy atom. The lowest BCUT2D eigenvalue weighted by Gasteiger charge is -2.33. The van der Waals surface area contributed by atoms with Gasteiger partial charge in [-0.25, -0.2) is 0 Å². The van der Waals surface area contributed by atoms with Gasteiger partial charge in [0.25, 0.3) is 0 Å². The summed E-state index contributed by atoms with van der Waals surface area (Å²) in [7, 11) is 3.96. The molecule has 0 amide bonds. The molecule has 3 heteroatoms. The standard InChI is InChI=1S/C16H26N2O/c1-5-13-6-7-15(19-4)14(10-13)16(2)11-17-8-9-18(3)12-16/h6-7,10,17H,5,8-9,11-12H2,1-4H3. The first-order chi connectivity index (χ1) is 9.09. The average molecular weight is 262 g/mol. The van der Waals surface area contributed by atoms with Crippen LogP contribution in [0.25, 0.3) is 0 Å². The molecule has 1 unspecified atom stereocenters. The minimum atomic E-state index is 0.0990. The molecule has 0 saturated carbocycles. The van der Waals surface area contributed by atoms with Crippen molar-refractivity contribution in [2.75, 3.05) is 40.3 Å². The monoisotopic (exact) mass is 262 g/mol. The van der Waals surface area contributed by atoms with E-state index in [9.17, 15) is 0 Å². The summed E-state index contributed by atoms with van der Waals surface area (Å²) in [5.41, 5.74) is 2.81. The van der Waals surface area contributed by atoms with Crippen LogP contribution in [0.3, 0.4) is 0 Å². The van der Waals surface area contributed by atoms with Gasteiger partial charge in [0.15, 0.2) is 0 Å². The third-order valence-corrected chi connectivity index (χ3v) is 4.13. The average Bonchev–Trinajstić information content (AvgIpc) is 2.59. The van der Waals surface area contributed by atoms with Crippen LogP contribution in [0, 0.1) is 0 Å². The van der Waals surface area contributed by atoms with E-state index in [1.54, 1.807) is 7.11 Å². The zero-order valence-corrected chi connectivity index (χ0v) is 12.6. The second-order valence-electron chi connectivity index (χ2n) is 5.86. The number of likely N-dealkylation sites (N-methyl/N-ethyl adjacent to an activating group) is 1. The summed E-state index contributed by atoms with van der Waals surface area (Å²) in [5, 5.41) is 3.56. The fourth-order valence-electron chi connectivity index (χ4n) is 2.99. The van der Waals surface area contributed by atoms with Crippen LogP contribution in [-0.4, -0.2) is 45.2 Å². The lowest BCUT2D eigenvalue weighted by atomic mass is 9.80. The molecule has 0 bridgehead atoms. The van der Waals surface area contributed by atoms with E-state index in [0.717, 1.165) is 38.3 Å².